The molecule has 3 atom stereocenters. The molecule has 2 unspecified atom stereocenters. The number of carbonyl (C=O) groups excluding carboxylic acids is 2. The van der Waals surface area contributed by atoms with Crippen molar-refractivity contribution in [3.63, 3.8) is 0 Å². The van der Waals surface area contributed by atoms with E-state index in [2.05, 4.69) is 39.0 Å². The van der Waals surface area contributed by atoms with Crippen LogP contribution in [0, 0.1) is 5.92 Å². The summed E-state index contributed by atoms with van der Waals surface area (Å²) in [5.41, 5.74) is 0. The van der Waals surface area contributed by atoms with Crippen LogP contribution in [-0.4, -0.2) is 47.6 Å². The highest BCUT2D eigenvalue weighted by atomic mass is 16.6. The fraction of sp³-hybridized carbons (Fsp3) is 0.818. The van der Waals surface area contributed by atoms with E-state index >= 15 is 0 Å². The summed E-state index contributed by atoms with van der Waals surface area (Å²) in [6.07, 6.45) is 42.3. The third-order valence-electron chi connectivity index (χ3n) is 9.52. The largest absolute Gasteiger partial charge is 0.463 e. The Morgan fingerprint density at radius 2 is 1.06 bits per heavy atom. The topological polar surface area (TPSA) is 93.1 Å². The van der Waals surface area contributed by atoms with E-state index in [1.807, 2.05) is 12.2 Å². The minimum absolute atomic E-state index is 0.162. The number of hydrogen-bond donors (Lipinski definition) is 2. The van der Waals surface area contributed by atoms with Gasteiger partial charge in [0.25, 0.3) is 0 Å². The molecule has 0 aromatic carbocycles. The molecular formula is C44H80O6. The van der Waals surface area contributed by atoms with E-state index < -0.39 is 18.2 Å². The number of aliphatic hydroxyl groups is 2. The standard InChI is InChI=1S/C44H80O6/c1-4-6-7-8-9-10-11-14-18-21-24-27-30-34-41(45)35-32-37-44(48)50-39-42(46)38-49-43(47)36-31-28-25-22-19-16-13-12-15-17-20-23-26-29-33-40(3)5-2/h14,18,24,27,30,34,40-42,45-46H,4-13,15-17,19-23,25-26,28-29,31-33,35-39H2,1-3H3/b18-14+,27-24+,34-30+/t40?,41?,42-/m0/s1. The number of ether oxygens (including phenoxy) is 2. The lowest BCUT2D eigenvalue weighted by molar-refractivity contribution is -0.152. The predicted octanol–water partition coefficient (Wildman–Crippen LogP) is 12.1. The van der Waals surface area contributed by atoms with E-state index in [-0.39, 0.29) is 25.6 Å². The summed E-state index contributed by atoms with van der Waals surface area (Å²) in [6.45, 7) is 6.52. The molecule has 0 heterocycles. The highest BCUT2D eigenvalue weighted by Gasteiger charge is 2.12. The van der Waals surface area contributed by atoms with Crippen LogP contribution in [0.15, 0.2) is 36.5 Å². The summed E-state index contributed by atoms with van der Waals surface area (Å²) in [5.74, 6) is 0.145. The van der Waals surface area contributed by atoms with Gasteiger partial charge in [-0.15, -0.1) is 0 Å². The maximum atomic E-state index is 12.0. The fourth-order valence-electron chi connectivity index (χ4n) is 5.89. The Hall–Kier alpha value is -1.92. The molecule has 2 N–H and O–H groups in total. The van der Waals surface area contributed by atoms with Gasteiger partial charge in [0.15, 0.2) is 0 Å². The monoisotopic (exact) mass is 705 g/mol. The molecule has 0 bridgehead atoms. The van der Waals surface area contributed by atoms with Gasteiger partial charge in [0, 0.05) is 12.8 Å². The second kappa shape index (κ2) is 38.3. The van der Waals surface area contributed by atoms with E-state index in [1.54, 1.807) is 6.08 Å². The van der Waals surface area contributed by atoms with Gasteiger partial charge in [0.1, 0.15) is 19.3 Å². The van der Waals surface area contributed by atoms with Crippen LogP contribution in [-0.2, 0) is 19.1 Å². The molecule has 292 valence electrons. The molecular weight excluding hydrogens is 624 g/mol. The Labute approximate surface area is 309 Å². The van der Waals surface area contributed by atoms with Gasteiger partial charge in [-0.2, -0.15) is 0 Å². The Kier molecular flexibility index (Phi) is 36.8. The maximum Gasteiger partial charge on any atom is 0.305 e. The average Bonchev–Trinajstić information content (AvgIpc) is 3.11. The van der Waals surface area contributed by atoms with Crippen molar-refractivity contribution in [3.05, 3.63) is 36.5 Å². The van der Waals surface area contributed by atoms with Crippen molar-refractivity contribution in [3.8, 4) is 0 Å². The van der Waals surface area contributed by atoms with Crippen LogP contribution in [0.4, 0.5) is 0 Å². The SMILES string of the molecule is CCCCCCCC/C=C/C/C=C/C=C/C(O)CCCC(=O)OC[C@@H](O)COC(=O)CCCCCCCCCCCCCCCCC(C)CC. The molecule has 6 heteroatoms. The van der Waals surface area contributed by atoms with Gasteiger partial charge < -0.3 is 19.7 Å². The van der Waals surface area contributed by atoms with Crippen LogP contribution >= 0.6 is 0 Å². The van der Waals surface area contributed by atoms with Crippen LogP contribution in [0.5, 0.6) is 0 Å². The summed E-state index contributed by atoms with van der Waals surface area (Å²) >= 11 is 0. The van der Waals surface area contributed by atoms with E-state index in [4.69, 9.17) is 9.47 Å². The van der Waals surface area contributed by atoms with Crippen molar-refractivity contribution < 1.29 is 29.3 Å². The molecule has 0 saturated heterocycles. The number of allylic oxidation sites excluding steroid dienone is 5. The van der Waals surface area contributed by atoms with E-state index in [0.717, 1.165) is 38.0 Å². The van der Waals surface area contributed by atoms with Crippen molar-refractivity contribution in [1.82, 2.24) is 0 Å². The highest BCUT2D eigenvalue weighted by molar-refractivity contribution is 5.69. The molecule has 0 aromatic rings. The first kappa shape index (κ1) is 48.1. The number of rotatable bonds is 37. The molecule has 0 saturated carbocycles. The second-order valence-corrected chi connectivity index (χ2v) is 14.6. The van der Waals surface area contributed by atoms with Crippen LogP contribution in [0.2, 0.25) is 0 Å². The van der Waals surface area contributed by atoms with Crippen molar-refractivity contribution >= 4 is 11.9 Å². The lowest BCUT2D eigenvalue weighted by Gasteiger charge is -2.12. The van der Waals surface area contributed by atoms with Gasteiger partial charge in [0.2, 0.25) is 0 Å². The van der Waals surface area contributed by atoms with Gasteiger partial charge in [-0.1, -0.05) is 186 Å². The third-order valence-corrected chi connectivity index (χ3v) is 9.52. The summed E-state index contributed by atoms with van der Waals surface area (Å²) in [7, 11) is 0. The first-order chi connectivity index (χ1) is 24.4. The smallest absolute Gasteiger partial charge is 0.305 e. The quantitative estimate of drug-likeness (QED) is 0.0289. The lowest BCUT2D eigenvalue weighted by Crippen LogP contribution is -2.25. The van der Waals surface area contributed by atoms with Crippen molar-refractivity contribution in [2.24, 2.45) is 5.92 Å². The number of aliphatic hydroxyl groups excluding tert-OH is 2. The van der Waals surface area contributed by atoms with E-state index in [9.17, 15) is 19.8 Å². The molecule has 0 fully saturated rings. The Balaban J connectivity index is 3.58. The minimum Gasteiger partial charge on any atom is -0.463 e. The molecule has 0 radical (unpaired) electrons. The van der Waals surface area contributed by atoms with Gasteiger partial charge in [-0.25, -0.2) is 0 Å². The van der Waals surface area contributed by atoms with Crippen LogP contribution in [0.3, 0.4) is 0 Å². The molecule has 0 spiro atoms. The molecule has 0 aliphatic heterocycles. The first-order valence-electron chi connectivity index (χ1n) is 21.0. The third kappa shape index (κ3) is 37.3. The molecule has 0 aromatic heterocycles. The molecule has 0 amide bonds. The zero-order chi connectivity index (χ0) is 36.8. The second-order valence-electron chi connectivity index (χ2n) is 14.6. The number of esters is 2. The highest BCUT2D eigenvalue weighted by Crippen LogP contribution is 2.16. The molecule has 0 aliphatic carbocycles. The first-order valence-corrected chi connectivity index (χ1v) is 21.0. The molecule has 0 aliphatic rings. The Morgan fingerprint density at radius 3 is 1.62 bits per heavy atom. The lowest BCUT2D eigenvalue weighted by atomic mass is 9.99. The zero-order valence-electron chi connectivity index (χ0n) is 32.9. The molecule has 50 heavy (non-hydrogen) atoms. The zero-order valence-corrected chi connectivity index (χ0v) is 32.9. The van der Waals surface area contributed by atoms with Crippen molar-refractivity contribution in [2.75, 3.05) is 13.2 Å². The molecule has 0 rings (SSSR count). The Morgan fingerprint density at radius 1 is 0.560 bits per heavy atom. The maximum absolute atomic E-state index is 12.0. The van der Waals surface area contributed by atoms with Gasteiger partial charge >= 0.3 is 11.9 Å². The predicted molar refractivity (Wildman–Crippen MR) is 211 cm³/mol. The van der Waals surface area contributed by atoms with Crippen LogP contribution in [0.1, 0.15) is 201 Å². The van der Waals surface area contributed by atoms with Gasteiger partial charge in [-0.05, 0) is 44.4 Å². The molecule has 6 nitrogen and oxygen atoms in total. The normalized spacial score (nSPS) is 13.8. The number of unbranched alkanes of at least 4 members (excludes halogenated alkanes) is 19. The van der Waals surface area contributed by atoms with Crippen LogP contribution in [0.25, 0.3) is 0 Å². The summed E-state index contributed by atoms with van der Waals surface area (Å²) in [5, 5.41) is 20.1. The number of carbonyl (C=O) groups is 2. The summed E-state index contributed by atoms with van der Waals surface area (Å²) in [4.78, 5) is 24.0. The van der Waals surface area contributed by atoms with Crippen molar-refractivity contribution in [2.45, 2.75) is 213 Å². The fourth-order valence-corrected chi connectivity index (χ4v) is 5.89. The Bertz CT molecular complexity index is 834. The average molecular weight is 705 g/mol. The van der Waals surface area contributed by atoms with E-state index in [1.165, 1.54) is 122 Å². The minimum atomic E-state index is -1.03. The summed E-state index contributed by atoms with van der Waals surface area (Å²) < 4.78 is 10.3. The van der Waals surface area contributed by atoms with Gasteiger partial charge in [0.05, 0.1) is 6.10 Å². The van der Waals surface area contributed by atoms with E-state index in [0.29, 0.717) is 19.3 Å². The van der Waals surface area contributed by atoms with Crippen molar-refractivity contribution in [1.29, 1.82) is 0 Å². The van der Waals surface area contributed by atoms with Crippen LogP contribution < -0.4 is 0 Å². The number of hydrogen-bond acceptors (Lipinski definition) is 6. The van der Waals surface area contributed by atoms with Gasteiger partial charge in [-0.3, -0.25) is 9.59 Å². The summed E-state index contributed by atoms with van der Waals surface area (Å²) in [6, 6.07) is 0.